The van der Waals surface area contributed by atoms with E-state index < -0.39 is 23.4 Å². The minimum absolute atomic E-state index is 0.0751. The Bertz CT molecular complexity index is 648. The van der Waals surface area contributed by atoms with Gasteiger partial charge in [-0.15, -0.1) is 0 Å². The molecule has 110 valence electrons. The van der Waals surface area contributed by atoms with Crippen molar-refractivity contribution in [2.24, 2.45) is 4.99 Å². The van der Waals surface area contributed by atoms with E-state index in [4.69, 9.17) is 11.6 Å². The van der Waals surface area contributed by atoms with Crippen LogP contribution in [0.2, 0.25) is 0 Å². The predicted octanol–water partition coefficient (Wildman–Crippen LogP) is 3.14. The third-order valence-corrected chi connectivity index (χ3v) is 2.89. The molecule has 1 heterocycles. The van der Waals surface area contributed by atoms with Gasteiger partial charge in [-0.2, -0.15) is 13.2 Å². The first kappa shape index (κ1) is 15.2. The zero-order valence-electron chi connectivity index (χ0n) is 10.4. The molecule has 0 aromatic heterocycles. The first-order valence-electron chi connectivity index (χ1n) is 5.71. The highest BCUT2D eigenvalue weighted by atomic mass is 35.5. The molecule has 0 atom stereocenters. The number of Topliss-reactive ketones (excluding diaryl/α,β-unsaturated/α-hetero) is 1. The number of alkyl halides is 3. The molecule has 8 heteroatoms. The fourth-order valence-electron chi connectivity index (χ4n) is 1.61. The second-order valence-electron chi connectivity index (χ2n) is 4.18. The van der Waals surface area contributed by atoms with Crippen molar-refractivity contribution < 1.29 is 22.8 Å². The SMILES string of the molecule is O=C1CC(Cl)=NC=C1C(=O)Nc1ccc(C(F)(F)F)cc1. The highest BCUT2D eigenvalue weighted by Crippen LogP contribution is 2.29. The zero-order valence-corrected chi connectivity index (χ0v) is 11.1. The Kier molecular flexibility index (Phi) is 4.13. The summed E-state index contributed by atoms with van der Waals surface area (Å²) in [6.07, 6.45) is -3.59. The van der Waals surface area contributed by atoms with Crippen LogP contribution in [0.4, 0.5) is 18.9 Å². The van der Waals surface area contributed by atoms with Crippen LogP contribution in [0.1, 0.15) is 12.0 Å². The molecule has 0 unspecified atom stereocenters. The van der Waals surface area contributed by atoms with E-state index in [0.717, 1.165) is 30.5 Å². The lowest BCUT2D eigenvalue weighted by atomic mass is 10.1. The molecule has 0 bridgehead atoms. The molecule has 21 heavy (non-hydrogen) atoms. The van der Waals surface area contributed by atoms with Crippen LogP contribution in [-0.4, -0.2) is 16.9 Å². The molecule has 1 N–H and O–H groups in total. The number of amides is 1. The summed E-state index contributed by atoms with van der Waals surface area (Å²) in [5.74, 6) is -1.24. The van der Waals surface area contributed by atoms with Crippen molar-refractivity contribution >= 4 is 34.1 Å². The molecule has 1 amide bonds. The maximum atomic E-state index is 12.4. The van der Waals surface area contributed by atoms with Crippen LogP contribution in [0.5, 0.6) is 0 Å². The van der Waals surface area contributed by atoms with E-state index in [9.17, 15) is 22.8 Å². The van der Waals surface area contributed by atoms with Crippen LogP contribution in [0.3, 0.4) is 0 Å². The molecule has 2 rings (SSSR count). The van der Waals surface area contributed by atoms with Gasteiger partial charge >= 0.3 is 6.18 Å². The predicted molar refractivity (Wildman–Crippen MR) is 71.1 cm³/mol. The highest BCUT2D eigenvalue weighted by molar-refractivity contribution is 6.67. The van der Waals surface area contributed by atoms with Gasteiger partial charge in [-0.3, -0.25) is 9.59 Å². The van der Waals surface area contributed by atoms with Crippen molar-refractivity contribution in [2.45, 2.75) is 12.6 Å². The summed E-state index contributed by atoms with van der Waals surface area (Å²) in [6, 6.07) is 3.87. The smallest absolute Gasteiger partial charge is 0.322 e. The summed E-state index contributed by atoms with van der Waals surface area (Å²) < 4.78 is 37.2. The molecular weight excluding hydrogens is 309 g/mol. The van der Waals surface area contributed by atoms with E-state index in [0.29, 0.717) is 0 Å². The molecule has 1 aliphatic rings. The summed E-state index contributed by atoms with van der Waals surface area (Å²) in [5, 5.41) is 2.40. The lowest BCUT2D eigenvalue weighted by Crippen LogP contribution is -2.23. The Balaban J connectivity index is 2.12. The Morgan fingerprint density at radius 3 is 2.38 bits per heavy atom. The number of anilines is 1. The van der Waals surface area contributed by atoms with Crippen LogP contribution in [-0.2, 0) is 15.8 Å². The van der Waals surface area contributed by atoms with Gasteiger partial charge in [0.15, 0.2) is 5.78 Å². The summed E-state index contributed by atoms with van der Waals surface area (Å²) in [7, 11) is 0. The van der Waals surface area contributed by atoms with Crippen LogP contribution in [0.15, 0.2) is 41.0 Å². The van der Waals surface area contributed by atoms with Gasteiger partial charge in [0.05, 0.1) is 12.0 Å². The van der Waals surface area contributed by atoms with Crippen molar-refractivity contribution in [3.63, 3.8) is 0 Å². The standard InChI is InChI=1S/C13H8ClF3N2O2/c14-11-5-10(20)9(6-18-11)12(21)19-8-3-1-7(2-4-8)13(15,16)17/h1-4,6H,5H2,(H,19,21). The van der Waals surface area contributed by atoms with Gasteiger partial charge in [0.25, 0.3) is 5.91 Å². The number of carbonyl (C=O) groups is 2. The van der Waals surface area contributed by atoms with Gasteiger partial charge in [-0.1, -0.05) is 11.6 Å². The number of nitrogens with zero attached hydrogens (tertiary/aromatic N) is 1. The second kappa shape index (κ2) is 5.69. The molecule has 1 aliphatic heterocycles. The first-order valence-corrected chi connectivity index (χ1v) is 6.09. The Hall–Kier alpha value is -2.15. The van der Waals surface area contributed by atoms with E-state index in [2.05, 4.69) is 10.3 Å². The van der Waals surface area contributed by atoms with Crippen molar-refractivity contribution in [1.29, 1.82) is 0 Å². The monoisotopic (exact) mass is 316 g/mol. The summed E-state index contributed by atoms with van der Waals surface area (Å²) in [4.78, 5) is 27.1. The summed E-state index contributed by atoms with van der Waals surface area (Å²) in [5.41, 5.74) is -0.883. The third kappa shape index (κ3) is 3.69. The van der Waals surface area contributed by atoms with Crippen LogP contribution in [0.25, 0.3) is 0 Å². The van der Waals surface area contributed by atoms with Gasteiger partial charge in [0.1, 0.15) is 10.7 Å². The molecule has 4 nitrogen and oxygen atoms in total. The Labute approximate surface area is 122 Å². The van der Waals surface area contributed by atoms with E-state index >= 15 is 0 Å². The minimum atomic E-state index is -4.45. The number of hydrogen-bond acceptors (Lipinski definition) is 3. The van der Waals surface area contributed by atoms with E-state index in [-0.39, 0.29) is 22.9 Å². The highest BCUT2D eigenvalue weighted by Gasteiger charge is 2.30. The molecule has 0 radical (unpaired) electrons. The molecule has 0 spiro atoms. The number of ketones is 1. The Morgan fingerprint density at radius 2 is 1.86 bits per heavy atom. The number of rotatable bonds is 2. The number of halogens is 4. The molecule has 0 aliphatic carbocycles. The summed E-state index contributed by atoms with van der Waals surface area (Å²) >= 11 is 5.55. The fraction of sp³-hybridized carbons (Fsp3) is 0.154. The molecule has 1 aromatic rings. The van der Waals surface area contributed by atoms with Gasteiger partial charge in [-0.25, -0.2) is 4.99 Å². The minimum Gasteiger partial charge on any atom is -0.322 e. The van der Waals surface area contributed by atoms with Crippen LogP contribution in [0, 0.1) is 0 Å². The fourth-order valence-corrected chi connectivity index (χ4v) is 1.78. The van der Waals surface area contributed by atoms with E-state index in [1.165, 1.54) is 0 Å². The molecule has 0 saturated carbocycles. The quantitative estimate of drug-likeness (QED) is 0.852. The van der Waals surface area contributed by atoms with E-state index in [1.54, 1.807) is 0 Å². The largest absolute Gasteiger partial charge is 0.416 e. The van der Waals surface area contributed by atoms with Gasteiger partial charge in [0.2, 0.25) is 0 Å². The third-order valence-electron chi connectivity index (χ3n) is 2.66. The van der Waals surface area contributed by atoms with Crippen LogP contribution >= 0.6 is 11.6 Å². The lowest BCUT2D eigenvalue weighted by Gasteiger charge is -2.11. The van der Waals surface area contributed by atoms with Gasteiger partial charge in [0, 0.05) is 11.9 Å². The topological polar surface area (TPSA) is 58.5 Å². The molecular formula is C13H8ClF3N2O2. The van der Waals surface area contributed by atoms with Crippen LogP contribution < -0.4 is 5.32 Å². The zero-order chi connectivity index (χ0) is 15.6. The van der Waals surface area contributed by atoms with E-state index in [1.807, 2.05) is 0 Å². The second-order valence-corrected chi connectivity index (χ2v) is 4.61. The van der Waals surface area contributed by atoms with Gasteiger partial charge < -0.3 is 5.32 Å². The molecule has 0 fully saturated rings. The normalized spacial score (nSPS) is 15.3. The Morgan fingerprint density at radius 1 is 1.24 bits per heavy atom. The average Bonchev–Trinajstić information content (AvgIpc) is 2.38. The number of hydrogen-bond donors (Lipinski definition) is 1. The average molecular weight is 317 g/mol. The number of aliphatic imine (C=N–C) groups is 1. The number of nitrogens with one attached hydrogen (secondary N) is 1. The molecule has 1 aromatic carbocycles. The first-order chi connectivity index (χ1) is 9.77. The summed E-state index contributed by atoms with van der Waals surface area (Å²) in [6.45, 7) is 0. The number of benzene rings is 1. The lowest BCUT2D eigenvalue weighted by molar-refractivity contribution is -0.137. The maximum Gasteiger partial charge on any atom is 0.416 e. The molecule has 0 saturated heterocycles. The van der Waals surface area contributed by atoms with Crippen molar-refractivity contribution in [3.8, 4) is 0 Å². The van der Waals surface area contributed by atoms with Crippen molar-refractivity contribution in [2.75, 3.05) is 5.32 Å². The van der Waals surface area contributed by atoms with Crippen molar-refractivity contribution in [3.05, 3.63) is 41.6 Å². The van der Waals surface area contributed by atoms with Crippen molar-refractivity contribution in [1.82, 2.24) is 0 Å². The maximum absolute atomic E-state index is 12.4. The number of carbonyl (C=O) groups excluding carboxylic acids is 2. The van der Waals surface area contributed by atoms with Gasteiger partial charge in [-0.05, 0) is 24.3 Å².